The maximum absolute atomic E-state index is 13.6. The lowest BCUT2D eigenvalue weighted by molar-refractivity contribution is -0.119. The summed E-state index contributed by atoms with van der Waals surface area (Å²) in [6, 6.07) is 7.51. The van der Waals surface area contributed by atoms with Crippen molar-refractivity contribution < 1.29 is 32.0 Å². The summed E-state index contributed by atoms with van der Waals surface area (Å²) in [6.45, 7) is 7.19. The van der Waals surface area contributed by atoms with Crippen LogP contribution in [0.5, 0.6) is 0 Å². The molecule has 28 heavy (non-hydrogen) atoms. The summed E-state index contributed by atoms with van der Waals surface area (Å²) in [5.41, 5.74) is 1.79. The lowest BCUT2D eigenvalue weighted by Gasteiger charge is -2.32. The number of benzene rings is 1. The second-order valence-corrected chi connectivity index (χ2v) is 11.2. The number of Topliss-reactive ketones (excluding diaryl/α,β-unsaturated/α-hetero) is 1. The maximum Gasteiger partial charge on any atom is 0.345 e. The molecule has 0 saturated carbocycles. The van der Waals surface area contributed by atoms with Crippen LogP contribution in [-0.4, -0.2) is 37.6 Å². The smallest absolute Gasteiger partial charge is 0.308 e. The maximum atomic E-state index is 13.6. The van der Waals surface area contributed by atoms with E-state index in [1.54, 1.807) is 27.7 Å². The van der Waals surface area contributed by atoms with Crippen LogP contribution < -0.4 is 0 Å². The molecular formula is C19H30O7P2. The van der Waals surface area contributed by atoms with Crippen molar-refractivity contribution in [1.82, 2.24) is 0 Å². The summed E-state index contributed by atoms with van der Waals surface area (Å²) >= 11 is 0. The van der Waals surface area contributed by atoms with Crippen molar-refractivity contribution >= 4 is 21.0 Å². The number of fused-ring (bicyclic) bond motifs is 1. The third-order valence-electron chi connectivity index (χ3n) is 4.60. The number of ketones is 1. The van der Waals surface area contributed by atoms with Crippen molar-refractivity contribution in [2.45, 2.75) is 51.9 Å². The van der Waals surface area contributed by atoms with Gasteiger partial charge >= 0.3 is 15.2 Å². The molecule has 1 aromatic rings. The standard InChI is InChI=1S/C19H30O7P2/c1-5-23-27(21,24-6-2)19(28(22,25-7-3)26-8-4)14-17-16-12-10-9-11-15(16)13-18(17)20/h9-12,17,19H,5-8,13-14H2,1-4H3/t17-/m0/s1. The van der Waals surface area contributed by atoms with Crippen molar-refractivity contribution in [1.29, 1.82) is 0 Å². The highest BCUT2D eigenvalue weighted by atomic mass is 31.2. The van der Waals surface area contributed by atoms with E-state index in [-0.39, 0.29) is 38.6 Å². The molecule has 7 nitrogen and oxygen atoms in total. The van der Waals surface area contributed by atoms with Crippen LogP contribution in [0.15, 0.2) is 24.3 Å². The Kier molecular flexibility index (Phi) is 8.62. The first-order chi connectivity index (χ1) is 13.3. The van der Waals surface area contributed by atoms with Gasteiger partial charge in [0, 0.05) is 12.3 Å². The second kappa shape index (κ2) is 10.3. The average Bonchev–Trinajstić information content (AvgIpc) is 2.95. The van der Waals surface area contributed by atoms with Crippen LogP contribution in [0.3, 0.4) is 0 Å². The van der Waals surface area contributed by atoms with E-state index in [9.17, 15) is 13.9 Å². The minimum Gasteiger partial charge on any atom is -0.308 e. The summed E-state index contributed by atoms with van der Waals surface area (Å²) < 4.78 is 49.2. The Labute approximate surface area is 167 Å². The van der Waals surface area contributed by atoms with Gasteiger partial charge in [-0.05, 0) is 45.2 Å². The molecule has 0 unspecified atom stereocenters. The number of carbonyl (C=O) groups excluding carboxylic acids is 1. The lowest BCUT2D eigenvalue weighted by Crippen LogP contribution is -2.22. The van der Waals surface area contributed by atoms with E-state index in [0.29, 0.717) is 6.42 Å². The van der Waals surface area contributed by atoms with E-state index in [1.807, 2.05) is 24.3 Å². The fourth-order valence-corrected chi connectivity index (χ4v) is 8.96. The Hall–Kier alpha value is -0.810. The highest BCUT2D eigenvalue weighted by molar-refractivity contribution is 7.72. The van der Waals surface area contributed by atoms with Gasteiger partial charge in [0.1, 0.15) is 5.78 Å². The van der Waals surface area contributed by atoms with Gasteiger partial charge in [0.2, 0.25) is 0 Å². The minimum absolute atomic E-state index is 0.00899. The summed E-state index contributed by atoms with van der Waals surface area (Å²) in [4.78, 5) is 12.7. The highest BCUT2D eigenvalue weighted by Gasteiger charge is 2.53. The number of hydrogen-bond acceptors (Lipinski definition) is 7. The molecule has 0 saturated heterocycles. The Morgan fingerprint density at radius 3 is 1.82 bits per heavy atom. The Morgan fingerprint density at radius 1 is 0.893 bits per heavy atom. The first-order valence-electron chi connectivity index (χ1n) is 9.73. The zero-order chi connectivity index (χ0) is 20.8. The molecule has 0 heterocycles. The molecule has 0 N–H and O–H groups in total. The van der Waals surface area contributed by atoms with Gasteiger partial charge < -0.3 is 18.1 Å². The monoisotopic (exact) mass is 432 g/mol. The normalized spacial score (nSPS) is 17.3. The first-order valence-corrected chi connectivity index (χ1v) is 13.0. The minimum atomic E-state index is -3.87. The van der Waals surface area contributed by atoms with Crippen LogP contribution in [0.2, 0.25) is 0 Å². The van der Waals surface area contributed by atoms with Crippen molar-refractivity contribution in [3.8, 4) is 0 Å². The molecule has 0 bridgehead atoms. The number of carbonyl (C=O) groups is 1. The van der Waals surface area contributed by atoms with Crippen LogP contribution in [0.25, 0.3) is 0 Å². The molecule has 1 aliphatic carbocycles. The molecule has 0 fully saturated rings. The molecule has 1 aliphatic rings. The molecule has 0 spiro atoms. The van der Waals surface area contributed by atoms with Gasteiger partial charge in [0.25, 0.3) is 0 Å². The Morgan fingerprint density at radius 2 is 1.36 bits per heavy atom. The van der Waals surface area contributed by atoms with Crippen LogP contribution in [0.1, 0.15) is 51.2 Å². The fraction of sp³-hybridized carbons (Fsp3) is 0.632. The van der Waals surface area contributed by atoms with Crippen molar-refractivity contribution in [3.63, 3.8) is 0 Å². The molecular weight excluding hydrogens is 402 g/mol. The number of hydrogen-bond donors (Lipinski definition) is 0. The summed E-state index contributed by atoms with van der Waals surface area (Å²) in [5.74, 6) is -0.560. The Balaban J connectivity index is 2.50. The van der Waals surface area contributed by atoms with Crippen LogP contribution >= 0.6 is 15.2 Å². The van der Waals surface area contributed by atoms with Crippen molar-refractivity contribution in [3.05, 3.63) is 35.4 Å². The predicted octanol–water partition coefficient (Wildman–Crippen LogP) is 5.14. The van der Waals surface area contributed by atoms with E-state index in [1.165, 1.54) is 0 Å². The van der Waals surface area contributed by atoms with Crippen LogP contribution in [-0.2, 0) is 38.4 Å². The average molecular weight is 432 g/mol. The predicted molar refractivity (Wildman–Crippen MR) is 108 cm³/mol. The molecule has 0 aliphatic heterocycles. The highest BCUT2D eigenvalue weighted by Crippen LogP contribution is 2.72. The van der Waals surface area contributed by atoms with Gasteiger partial charge in [0.15, 0.2) is 5.40 Å². The van der Waals surface area contributed by atoms with Crippen molar-refractivity contribution in [2.75, 3.05) is 26.4 Å². The largest absolute Gasteiger partial charge is 0.345 e. The molecule has 0 radical (unpaired) electrons. The molecule has 1 aromatic carbocycles. The third kappa shape index (κ3) is 5.02. The zero-order valence-electron chi connectivity index (χ0n) is 17.0. The SMILES string of the molecule is CCOP(=O)(OCC)C(C[C@@H]1C(=O)Cc2ccccc21)P(=O)(OCC)OCC. The van der Waals surface area contributed by atoms with Gasteiger partial charge in [-0.25, -0.2) is 0 Å². The van der Waals surface area contributed by atoms with Gasteiger partial charge in [-0.3, -0.25) is 13.9 Å². The van der Waals surface area contributed by atoms with Crippen LogP contribution in [0.4, 0.5) is 0 Å². The second-order valence-electron chi connectivity index (χ2n) is 6.36. The molecule has 0 aromatic heterocycles. The Bertz CT molecular complexity index is 714. The third-order valence-corrected chi connectivity index (χ3v) is 10.6. The van der Waals surface area contributed by atoms with E-state index >= 15 is 0 Å². The van der Waals surface area contributed by atoms with E-state index in [2.05, 4.69) is 0 Å². The fourth-order valence-electron chi connectivity index (χ4n) is 3.56. The summed E-state index contributed by atoms with van der Waals surface area (Å²) in [5, 5.41) is -1.18. The molecule has 9 heteroatoms. The topological polar surface area (TPSA) is 88.1 Å². The summed E-state index contributed by atoms with van der Waals surface area (Å²) in [6.07, 6.45) is 0.319. The van der Waals surface area contributed by atoms with Crippen molar-refractivity contribution in [2.24, 2.45) is 0 Å². The van der Waals surface area contributed by atoms with Gasteiger partial charge in [-0.2, -0.15) is 0 Å². The quantitative estimate of drug-likeness (QED) is 0.422. The van der Waals surface area contributed by atoms with Gasteiger partial charge in [-0.1, -0.05) is 24.3 Å². The van der Waals surface area contributed by atoms with E-state index in [0.717, 1.165) is 11.1 Å². The van der Waals surface area contributed by atoms with E-state index < -0.39 is 26.5 Å². The van der Waals surface area contributed by atoms with Crippen LogP contribution in [0, 0.1) is 0 Å². The molecule has 0 amide bonds. The molecule has 158 valence electrons. The molecule has 2 rings (SSSR count). The molecule has 1 atom stereocenters. The van der Waals surface area contributed by atoms with Gasteiger partial charge in [-0.15, -0.1) is 0 Å². The number of rotatable bonds is 12. The first kappa shape index (κ1) is 23.5. The summed E-state index contributed by atoms with van der Waals surface area (Å²) in [7, 11) is -7.73. The zero-order valence-corrected chi connectivity index (χ0v) is 18.7. The lowest BCUT2D eigenvalue weighted by atomic mass is 9.98. The van der Waals surface area contributed by atoms with E-state index in [4.69, 9.17) is 18.1 Å². The van der Waals surface area contributed by atoms with Gasteiger partial charge in [0.05, 0.1) is 26.4 Å².